The summed E-state index contributed by atoms with van der Waals surface area (Å²) in [7, 11) is 4.32. The lowest BCUT2D eigenvalue weighted by Gasteiger charge is -2.36. The van der Waals surface area contributed by atoms with Crippen molar-refractivity contribution >= 4 is 40.4 Å². The van der Waals surface area contributed by atoms with Crippen LogP contribution in [-0.4, -0.2) is 60.7 Å². The summed E-state index contributed by atoms with van der Waals surface area (Å²) in [5.74, 6) is -0.0289. The fourth-order valence-electron chi connectivity index (χ4n) is 5.65. The van der Waals surface area contributed by atoms with Crippen LogP contribution in [0.15, 0.2) is 48.5 Å². The van der Waals surface area contributed by atoms with Crippen LogP contribution < -0.4 is 9.80 Å². The number of halogens is 2. The molecule has 0 N–H and O–H groups in total. The third-order valence-electron chi connectivity index (χ3n) is 7.99. The molecule has 0 bridgehead atoms. The number of aromatic nitrogens is 2. The topological polar surface area (TPSA) is 52.6 Å². The number of rotatable bonds is 7. The van der Waals surface area contributed by atoms with Crippen molar-refractivity contribution in [2.45, 2.75) is 51.1 Å². The molecule has 1 saturated heterocycles. The van der Waals surface area contributed by atoms with Crippen LogP contribution in [-0.2, 0) is 12.8 Å². The Kier molecular flexibility index (Phi) is 8.22. The van der Waals surface area contributed by atoms with Crippen LogP contribution >= 0.6 is 23.2 Å². The highest BCUT2D eigenvalue weighted by atomic mass is 35.5. The van der Waals surface area contributed by atoms with Gasteiger partial charge in [-0.1, -0.05) is 35.3 Å². The second kappa shape index (κ2) is 11.6. The summed E-state index contributed by atoms with van der Waals surface area (Å²) in [6.45, 7) is 5.07. The highest BCUT2D eigenvalue weighted by Crippen LogP contribution is 2.36. The standard InChI is InChI=1S/C30H35Cl2N5O/c1-20(25-18-22(31)8-11-26(25)32)37-14-4-5-27-29(37)19-28(34-33-27)30(38)17-21-6-9-24(10-7-21)36-15-12-23(13-16-36)35(2)3/h6-11,18-20,23H,4-5,12-17H2,1-3H3/t20-/m1/s1. The first kappa shape index (κ1) is 26.9. The van der Waals surface area contributed by atoms with Crippen molar-refractivity contribution in [2.24, 2.45) is 0 Å². The SMILES string of the molecule is C[C@H](c1cc(Cl)ccc1Cl)N1CCCc2nnc(C(=O)Cc3ccc(N4CCC(N(C)C)CC4)cc3)cc21. The number of aryl methyl sites for hydroxylation is 1. The molecule has 0 amide bonds. The molecular weight excluding hydrogens is 517 g/mol. The van der Waals surface area contributed by atoms with Crippen molar-refractivity contribution in [2.75, 3.05) is 43.5 Å². The van der Waals surface area contributed by atoms with Crippen molar-refractivity contribution in [1.29, 1.82) is 0 Å². The number of anilines is 2. The van der Waals surface area contributed by atoms with Gasteiger partial charge in [-0.15, -0.1) is 5.10 Å². The van der Waals surface area contributed by atoms with Gasteiger partial charge in [-0.2, -0.15) is 5.10 Å². The molecule has 8 heteroatoms. The first-order valence-electron chi connectivity index (χ1n) is 13.4. The Morgan fingerprint density at radius 2 is 1.76 bits per heavy atom. The van der Waals surface area contributed by atoms with Gasteiger partial charge in [0.1, 0.15) is 5.69 Å². The number of hydrogen-bond donors (Lipinski definition) is 0. The monoisotopic (exact) mass is 551 g/mol. The summed E-state index contributed by atoms with van der Waals surface area (Å²) < 4.78 is 0. The minimum absolute atomic E-state index is 0.0114. The van der Waals surface area contributed by atoms with E-state index < -0.39 is 0 Å². The molecule has 1 fully saturated rings. The predicted octanol–water partition coefficient (Wildman–Crippen LogP) is 6.25. The number of carbonyl (C=O) groups is 1. The molecule has 1 atom stereocenters. The molecule has 38 heavy (non-hydrogen) atoms. The van der Waals surface area contributed by atoms with E-state index in [1.54, 1.807) is 6.07 Å². The molecule has 5 rings (SSSR count). The lowest BCUT2D eigenvalue weighted by Crippen LogP contribution is -2.41. The van der Waals surface area contributed by atoms with Crippen molar-refractivity contribution in [3.05, 3.63) is 81.1 Å². The average molecular weight is 553 g/mol. The Hall–Kier alpha value is -2.67. The first-order chi connectivity index (χ1) is 18.3. The molecule has 0 spiro atoms. The number of ketones is 1. The van der Waals surface area contributed by atoms with E-state index in [1.165, 1.54) is 18.5 Å². The lowest BCUT2D eigenvalue weighted by atomic mass is 9.99. The highest BCUT2D eigenvalue weighted by molar-refractivity contribution is 6.33. The molecule has 3 aromatic rings. The van der Waals surface area contributed by atoms with Gasteiger partial charge >= 0.3 is 0 Å². The number of Topliss-reactive ketones (excluding diaryl/α,β-unsaturated/α-hetero) is 1. The van der Waals surface area contributed by atoms with E-state index in [0.29, 0.717) is 28.2 Å². The second-order valence-electron chi connectivity index (χ2n) is 10.6. The zero-order chi connectivity index (χ0) is 26.8. The van der Waals surface area contributed by atoms with Gasteiger partial charge in [-0.05, 0) is 94.2 Å². The summed E-state index contributed by atoms with van der Waals surface area (Å²) in [5.41, 5.74) is 5.43. The molecule has 2 aliphatic heterocycles. The number of piperidine rings is 1. The summed E-state index contributed by atoms with van der Waals surface area (Å²) >= 11 is 12.8. The van der Waals surface area contributed by atoms with Gasteiger partial charge in [-0.3, -0.25) is 4.79 Å². The zero-order valence-electron chi connectivity index (χ0n) is 22.3. The minimum atomic E-state index is -0.0289. The van der Waals surface area contributed by atoms with E-state index >= 15 is 0 Å². The van der Waals surface area contributed by atoms with Crippen LogP contribution in [0.2, 0.25) is 10.0 Å². The number of benzene rings is 2. The summed E-state index contributed by atoms with van der Waals surface area (Å²) in [6, 6.07) is 16.5. The third-order valence-corrected chi connectivity index (χ3v) is 8.57. The molecule has 0 saturated carbocycles. The molecule has 0 unspecified atom stereocenters. The maximum absolute atomic E-state index is 13.3. The van der Waals surface area contributed by atoms with Gasteiger partial charge in [0.25, 0.3) is 0 Å². The van der Waals surface area contributed by atoms with Crippen molar-refractivity contribution in [3.63, 3.8) is 0 Å². The van der Waals surface area contributed by atoms with E-state index in [0.717, 1.165) is 55.0 Å². The Bertz CT molecular complexity index is 1290. The molecule has 6 nitrogen and oxygen atoms in total. The van der Waals surface area contributed by atoms with Crippen LogP contribution in [0.3, 0.4) is 0 Å². The summed E-state index contributed by atoms with van der Waals surface area (Å²) in [4.78, 5) is 20.3. The first-order valence-corrected chi connectivity index (χ1v) is 14.2. The number of carbonyl (C=O) groups excluding carboxylic acids is 1. The smallest absolute Gasteiger partial charge is 0.187 e. The van der Waals surface area contributed by atoms with Crippen molar-refractivity contribution in [1.82, 2.24) is 15.1 Å². The normalized spacial score (nSPS) is 17.0. The molecule has 2 aliphatic rings. The van der Waals surface area contributed by atoms with E-state index in [4.69, 9.17) is 23.2 Å². The summed E-state index contributed by atoms with van der Waals surface area (Å²) in [6.07, 6.45) is 4.45. The minimum Gasteiger partial charge on any atom is -0.371 e. The summed E-state index contributed by atoms with van der Waals surface area (Å²) in [5, 5.41) is 10.1. The van der Waals surface area contributed by atoms with E-state index in [2.05, 4.69) is 70.2 Å². The van der Waals surface area contributed by atoms with Gasteiger partial charge in [0.2, 0.25) is 0 Å². The molecule has 1 aromatic heterocycles. The zero-order valence-corrected chi connectivity index (χ0v) is 23.8. The Morgan fingerprint density at radius 3 is 2.47 bits per heavy atom. The third kappa shape index (κ3) is 5.83. The average Bonchev–Trinajstić information content (AvgIpc) is 2.93. The molecular formula is C30H35Cl2N5O. The number of nitrogens with zero attached hydrogens (tertiary/aromatic N) is 5. The van der Waals surface area contributed by atoms with Gasteiger partial charge in [0, 0.05) is 47.8 Å². The Labute approximate surface area is 235 Å². The van der Waals surface area contributed by atoms with Crippen LogP contribution in [0.4, 0.5) is 11.4 Å². The van der Waals surface area contributed by atoms with Crippen LogP contribution in [0.1, 0.15) is 59.5 Å². The maximum Gasteiger partial charge on any atom is 0.187 e. The van der Waals surface area contributed by atoms with Crippen molar-refractivity contribution in [3.8, 4) is 0 Å². The Morgan fingerprint density at radius 1 is 1.03 bits per heavy atom. The Balaban J connectivity index is 1.29. The van der Waals surface area contributed by atoms with Crippen LogP contribution in [0, 0.1) is 0 Å². The second-order valence-corrected chi connectivity index (χ2v) is 11.5. The maximum atomic E-state index is 13.3. The van der Waals surface area contributed by atoms with Crippen LogP contribution in [0.5, 0.6) is 0 Å². The van der Waals surface area contributed by atoms with Crippen LogP contribution in [0.25, 0.3) is 0 Å². The van der Waals surface area contributed by atoms with E-state index in [-0.39, 0.29) is 11.8 Å². The lowest BCUT2D eigenvalue weighted by molar-refractivity contribution is 0.0987. The molecule has 3 heterocycles. The van der Waals surface area contributed by atoms with E-state index in [1.807, 2.05) is 18.2 Å². The molecule has 200 valence electrons. The predicted molar refractivity (Wildman–Crippen MR) is 156 cm³/mol. The number of hydrogen-bond acceptors (Lipinski definition) is 6. The van der Waals surface area contributed by atoms with Gasteiger partial charge in [-0.25, -0.2) is 0 Å². The van der Waals surface area contributed by atoms with Crippen molar-refractivity contribution < 1.29 is 4.79 Å². The number of fused-ring (bicyclic) bond motifs is 1. The fourth-order valence-corrected chi connectivity index (χ4v) is 6.11. The quantitative estimate of drug-likeness (QED) is 0.323. The molecule has 0 aliphatic carbocycles. The largest absolute Gasteiger partial charge is 0.371 e. The van der Waals surface area contributed by atoms with Gasteiger partial charge in [0.05, 0.1) is 17.4 Å². The van der Waals surface area contributed by atoms with Gasteiger partial charge in [0.15, 0.2) is 5.78 Å². The van der Waals surface area contributed by atoms with E-state index in [9.17, 15) is 4.79 Å². The molecule has 2 aromatic carbocycles. The highest BCUT2D eigenvalue weighted by Gasteiger charge is 2.27. The van der Waals surface area contributed by atoms with Gasteiger partial charge < -0.3 is 14.7 Å². The fraction of sp³-hybridized carbons (Fsp3) is 0.433. The molecule has 0 radical (unpaired) electrons.